The number of benzene rings is 3. The van der Waals surface area contributed by atoms with Crippen LogP contribution in [0.25, 0.3) is 16.6 Å². The first-order chi connectivity index (χ1) is 15.6. The van der Waals surface area contributed by atoms with Gasteiger partial charge in [-0.15, -0.1) is 0 Å². The molecule has 0 amide bonds. The summed E-state index contributed by atoms with van der Waals surface area (Å²) in [5.41, 5.74) is 9.20. The first-order valence-corrected chi connectivity index (χ1v) is 10.6. The van der Waals surface area contributed by atoms with Gasteiger partial charge in [-0.3, -0.25) is 0 Å². The van der Waals surface area contributed by atoms with Crippen molar-refractivity contribution in [3.8, 4) is 5.75 Å². The van der Waals surface area contributed by atoms with E-state index in [4.69, 9.17) is 9.47 Å². The van der Waals surface area contributed by atoms with Crippen molar-refractivity contribution < 1.29 is 14.3 Å². The minimum atomic E-state index is -0.365. The Morgan fingerprint density at radius 3 is 2.81 bits per heavy atom. The maximum absolute atomic E-state index is 12.2. The summed E-state index contributed by atoms with van der Waals surface area (Å²) in [6, 6.07) is 17.9. The summed E-state index contributed by atoms with van der Waals surface area (Å²) in [5.74, 6) is 0.387. The molecule has 2 heterocycles. The Morgan fingerprint density at radius 1 is 1.12 bits per heavy atom. The smallest absolute Gasteiger partial charge is 0.337 e. The van der Waals surface area contributed by atoms with Crippen molar-refractivity contribution in [2.45, 2.75) is 27.0 Å². The predicted octanol–water partition coefficient (Wildman–Crippen LogP) is 5.46. The third-order valence-electron chi connectivity index (χ3n) is 6.19. The molecule has 5 rings (SSSR count). The normalized spacial score (nSPS) is 13.9. The molecule has 0 atom stereocenters. The molecule has 0 unspecified atom stereocenters. The van der Waals surface area contributed by atoms with Crippen molar-refractivity contribution in [3.63, 3.8) is 0 Å². The van der Waals surface area contributed by atoms with E-state index in [-0.39, 0.29) is 5.97 Å². The van der Waals surface area contributed by atoms with E-state index in [2.05, 4.69) is 53.7 Å². The lowest BCUT2D eigenvalue weighted by atomic mass is 9.93. The van der Waals surface area contributed by atoms with Crippen LogP contribution in [0.15, 0.2) is 67.0 Å². The molecule has 5 nitrogen and oxygen atoms in total. The Morgan fingerprint density at radius 2 is 1.97 bits per heavy atom. The van der Waals surface area contributed by atoms with Gasteiger partial charge >= 0.3 is 5.97 Å². The van der Waals surface area contributed by atoms with E-state index in [1.165, 1.54) is 18.2 Å². The van der Waals surface area contributed by atoms with Gasteiger partial charge in [0, 0.05) is 12.1 Å². The van der Waals surface area contributed by atoms with Crippen LogP contribution < -0.4 is 4.74 Å². The summed E-state index contributed by atoms with van der Waals surface area (Å²) in [6.07, 6.45) is 4.07. The van der Waals surface area contributed by atoms with E-state index < -0.39 is 0 Å². The molecule has 3 aromatic carbocycles. The average molecular weight is 425 g/mol. The van der Waals surface area contributed by atoms with Gasteiger partial charge < -0.3 is 14.0 Å². The highest BCUT2D eigenvalue weighted by molar-refractivity contribution is 5.93. The molecule has 5 heteroatoms. The van der Waals surface area contributed by atoms with E-state index in [1.807, 2.05) is 30.6 Å². The molecule has 0 radical (unpaired) electrons. The average Bonchev–Trinajstić information content (AvgIpc) is 3.17. The number of rotatable bonds is 3. The summed E-state index contributed by atoms with van der Waals surface area (Å²) >= 11 is 0. The molecule has 32 heavy (non-hydrogen) atoms. The summed E-state index contributed by atoms with van der Waals surface area (Å²) in [6.45, 7) is 5.33. The number of allylic oxidation sites excluding steroid dienone is 1. The van der Waals surface area contributed by atoms with Gasteiger partial charge in [0.05, 0.1) is 30.0 Å². The Bertz CT molecular complexity index is 1380. The largest absolute Gasteiger partial charge is 0.488 e. The Kier molecular flexibility index (Phi) is 5.02. The molecule has 0 saturated heterocycles. The van der Waals surface area contributed by atoms with Crippen molar-refractivity contribution in [2.75, 3.05) is 7.11 Å². The molecular formula is C27H24N2O3. The fourth-order valence-corrected chi connectivity index (χ4v) is 4.25. The van der Waals surface area contributed by atoms with Crippen LogP contribution in [-0.2, 0) is 17.9 Å². The van der Waals surface area contributed by atoms with E-state index >= 15 is 0 Å². The van der Waals surface area contributed by atoms with Crippen LogP contribution in [0.2, 0.25) is 0 Å². The van der Waals surface area contributed by atoms with E-state index in [9.17, 15) is 4.79 Å². The fourth-order valence-electron chi connectivity index (χ4n) is 4.25. The first-order valence-electron chi connectivity index (χ1n) is 10.6. The quantitative estimate of drug-likeness (QED) is 0.410. The standard InChI is InChI=1S/C27H24N2O3/c1-17-8-10-24-26(18(17)2)28-16-29(24)13-12-22-21-7-5-4-6-20(21)15-32-25-11-9-19(14-23(22)25)27(30)31-3/h4-12,14,16H,13,15H2,1-3H3/b22-12+. The van der Waals surface area contributed by atoms with E-state index in [0.29, 0.717) is 18.7 Å². The molecule has 0 saturated carbocycles. The zero-order valence-corrected chi connectivity index (χ0v) is 18.4. The van der Waals surface area contributed by atoms with Crippen LogP contribution in [0.4, 0.5) is 0 Å². The second kappa shape index (κ2) is 8.00. The maximum atomic E-state index is 12.2. The lowest BCUT2D eigenvalue weighted by Gasteiger charge is -2.12. The first kappa shape index (κ1) is 20.1. The number of aryl methyl sites for hydroxylation is 2. The number of carbonyl (C=O) groups is 1. The zero-order valence-electron chi connectivity index (χ0n) is 18.4. The maximum Gasteiger partial charge on any atom is 0.337 e. The highest BCUT2D eigenvalue weighted by Crippen LogP contribution is 2.37. The number of carbonyl (C=O) groups excluding carboxylic acids is 1. The predicted molar refractivity (Wildman–Crippen MR) is 125 cm³/mol. The van der Waals surface area contributed by atoms with Crippen LogP contribution in [0.3, 0.4) is 0 Å². The highest BCUT2D eigenvalue weighted by Gasteiger charge is 2.21. The molecule has 1 aromatic heterocycles. The van der Waals surface area contributed by atoms with Gasteiger partial charge in [-0.25, -0.2) is 9.78 Å². The molecule has 1 aliphatic heterocycles. The van der Waals surface area contributed by atoms with Crippen molar-refractivity contribution in [1.29, 1.82) is 0 Å². The molecular weight excluding hydrogens is 400 g/mol. The van der Waals surface area contributed by atoms with Crippen molar-refractivity contribution >= 4 is 22.6 Å². The van der Waals surface area contributed by atoms with Crippen molar-refractivity contribution in [1.82, 2.24) is 9.55 Å². The van der Waals surface area contributed by atoms with Crippen LogP contribution >= 0.6 is 0 Å². The Balaban J connectivity index is 1.65. The minimum absolute atomic E-state index is 0.365. The van der Waals surface area contributed by atoms with Gasteiger partial charge in [0.15, 0.2) is 0 Å². The molecule has 160 valence electrons. The lowest BCUT2D eigenvalue weighted by molar-refractivity contribution is 0.0600. The number of hydrogen-bond donors (Lipinski definition) is 0. The molecule has 0 aliphatic carbocycles. The van der Waals surface area contributed by atoms with Gasteiger partial charge in [0.2, 0.25) is 0 Å². The van der Waals surface area contributed by atoms with Crippen LogP contribution in [0, 0.1) is 13.8 Å². The van der Waals surface area contributed by atoms with Gasteiger partial charge in [0.1, 0.15) is 12.4 Å². The summed E-state index contributed by atoms with van der Waals surface area (Å²) < 4.78 is 13.2. The second-order valence-corrected chi connectivity index (χ2v) is 8.04. The van der Waals surface area contributed by atoms with E-state index in [1.54, 1.807) is 6.07 Å². The number of ether oxygens (including phenoxy) is 2. The monoisotopic (exact) mass is 424 g/mol. The number of hydrogen-bond acceptors (Lipinski definition) is 4. The number of imidazole rings is 1. The van der Waals surface area contributed by atoms with Gasteiger partial charge in [0.25, 0.3) is 0 Å². The number of methoxy groups -OCH3 is 1. The number of nitrogens with zero attached hydrogens (tertiary/aromatic N) is 2. The Labute approximate surface area is 186 Å². The fraction of sp³-hybridized carbons (Fsp3) is 0.185. The number of esters is 1. The number of fused-ring (bicyclic) bond motifs is 3. The lowest BCUT2D eigenvalue weighted by Crippen LogP contribution is -2.03. The molecule has 4 aromatic rings. The topological polar surface area (TPSA) is 53.4 Å². The number of aromatic nitrogens is 2. The summed E-state index contributed by atoms with van der Waals surface area (Å²) in [4.78, 5) is 16.8. The molecule has 0 N–H and O–H groups in total. The molecule has 1 aliphatic rings. The molecule has 0 spiro atoms. The van der Waals surface area contributed by atoms with Crippen LogP contribution in [0.1, 0.15) is 38.2 Å². The molecule has 0 bridgehead atoms. The van der Waals surface area contributed by atoms with E-state index in [0.717, 1.165) is 39.0 Å². The zero-order chi connectivity index (χ0) is 22.2. The highest BCUT2D eigenvalue weighted by atomic mass is 16.5. The SMILES string of the molecule is COC(=O)c1ccc2c(c1)/C(=C/Cn1cnc3c(C)c(C)ccc31)c1ccccc1CO2. The second-order valence-electron chi connectivity index (χ2n) is 8.04. The third-order valence-corrected chi connectivity index (χ3v) is 6.19. The minimum Gasteiger partial charge on any atom is -0.488 e. The van der Waals surface area contributed by atoms with Gasteiger partial charge in [-0.2, -0.15) is 0 Å². The third kappa shape index (κ3) is 3.36. The summed E-state index contributed by atoms with van der Waals surface area (Å²) in [7, 11) is 1.39. The summed E-state index contributed by atoms with van der Waals surface area (Å²) in [5, 5.41) is 0. The van der Waals surface area contributed by atoms with Gasteiger partial charge in [-0.1, -0.05) is 36.4 Å². The van der Waals surface area contributed by atoms with Crippen LogP contribution in [-0.4, -0.2) is 22.6 Å². The molecule has 0 fully saturated rings. The van der Waals surface area contributed by atoms with Gasteiger partial charge in [-0.05, 0) is 65.9 Å². The van der Waals surface area contributed by atoms with Crippen LogP contribution in [0.5, 0.6) is 5.75 Å². The Hall–Kier alpha value is -3.86. The van der Waals surface area contributed by atoms with Crippen molar-refractivity contribution in [2.24, 2.45) is 0 Å². The van der Waals surface area contributed by atoms with Crippen molar-refractivity contribution in [3.05, 3.63) is 100 Å².